The van der Waals surface area contributed by atoms with Gasteiger partial charge in [0.1, 0.15) is 0 Å². The lowest BCUT2D eigenvalue weighted by atomic mass is 10.1. The number of rotatable bonds is 5. The number of ether oxygens (including phenoxy) is 1. The van der Waals surface area contributed by atoms with Crippen molar-refractivity contribution in [3.8, 4) is 0 Å². The van der Waals surface area contributed by atoms with Gasteiger partial charge in [-0.25, -0.2) is 0 Å². The first-order valence-electron chi connectivity index (χ1n) is 9.46. The lowest BCUT2D eigenvalue weighted by Crippen LogP contribution is -2.29. The van der Waals surface area contributed by atoms with Gasteiger partial charge in [0.05, 0.1) is 10.9 Å². The number of carbonyl (C=O) groups is 3. The lowest BCUT2D eigenvalue weighted by molar-refractivity contribution is -0.151. The third-order valence-corrected chi connectivity index (χ3v) is 6.50. The van der Waals surface area contributed by atoms with Crippen molar-refractivity contribution in [3.05, 3.63) is 56.5 Å². The second kappa shape index (κ2) is 9.18. The Labute approximate surface area is 188 Å². The number of hydrogen-bond acceptors (Lipinski definition) is 4. The molecule has 3 rings (SSSR count). The van der Waals surface area contributed by atoms with Gasteiger partial charge >= 0.3 is 5.97 Å². The van der Waals surface area contributed by atoms with Crippen LogP contribution in [-0.2, 0) is 19.1 Å². The fraction of sp³-hybridized carbons (Fsp3) is 0.318. The van der Waals surface area contributed by atoms with E-state index in [4.69, 9.17) is 16.3 Å². The summed E-state index contributed by atoms with van der Waals surface area (Å²) in [5.74, 6) is -1.76. The SMILES string of the molecule is Cc1cccc(C)c1N1C[C@H](C(=O)OCC(=O)Nc2ccc(Br)c(Cl)c2C)CC1=O. The van der Waals surface area contributed by atoms with Crippen LogP contribution in [0.15, 0.2) is 34.8 Å². The molecule has 0 bridgehead atoms. The minimum absolute atomic E-state index is 0.0651. The van der Waals surface area contributed by atoms with Crippen LogP contribution in [0.1, 0.15) is 23.1 Å². The Balaban J connectivity index is 1.59. The topological polar surface area (TPSA) is 75.7 Å². The second-order valence-electron chi connectivity index (χ2n) is 7.34. The van der Waals surface area contributed by atoms with E-state index >= 15 is 0 Å². The molecule has 0 spiro atoms. The monoisotopic (exact) mass is 492 g/mol. The van der Waals surface area contributed by atoms with E-state index < -0.39 is 24.4 Å². The van der Waals surface area contributed by atoms with Crippen LogP contribution in [0.4, 0.5) is 11.4 Å². The third-order valence-electron chi connectivity index (χ3n) is 5.13. The smallest absolute Gasteiger partial charge is 0.311 e. The maximum Gasteiger partial charge on any atom is 0.311 e. The maximum atomic E-state index is 12.5. The van der Waals surface area contributed by atoms with Crippen molar-refractivity contribution in [1.82, 2.24) is 0 Å². The van der Waals surface area contributed by atoms with Gasteiger partial charge in [0.25, 0.3) is 5.91 Å². The van der Waals surface area contributed by atoms with Crippen LogP contribution in [0.2, 0.25) is 5.02 Å². The molecule has 1 saturated heterocycles. The van der Waals surface area contributed by atoms with Crippen molar-refractivity contribution in [2.24, 2.45) is 5.92 Å². The number of hydrogen-bond donors (Lipinski definition) is 1. The number of nitrogens with zero attached hydrogens (tertiary/aromatic N) is 1. The first-order valence-corrected chi connectivity index (χ1v) is 10.6. The largest absolute Gasteiger partial charge is 0.455 e. The summed E-state index contributed by atoms with van der Waals surface area (Å²) >= 11 is 9.48. The molecule has 1 atom stereocenters. The summed E-state index contributed by atoms with van der Waals surface area (Å²) in [4.78, 5) is 38.8. The number of carbonyl (C=O) groups excluding carboxylic acids is 3. The minimum atomic E-state index is -0.604. The molecule has 1 aliphatic heterocycles. The average molecular weight is 494 g/mol. The highest BCUT2D eigenvalue weighted by Gasteiger charge is 2.37. The molecule has 0 aliphatic carbocycles. The van der Waals surface area contributed by atoms with Crippen LogP contribution >= 0.6 is 27.5 Å². The standard InChI is InChI=1S/C22H22BrClN2O4/c1-12-5-4-6-13(2)21(12)26-10-15(9-19(26)28)22(29)30-11-18(27)25-17-8-7-16(23)20(24)14(17)3/h4-8,15H,9-11H2,1-3H3,(H,25,27)/t15-/m1/s1. The molecule has 0 aromatic heterocycles. The number of halogens is 2. The molecule has 0 saturated carbocycles. The van der Waals surface area contributed by atoms with Gasteiger partial charge in [-0.3, -0.25) is 14.4 Å². The van der Waals surface area contributed by atoms with Gasteiger partial charge in [-0.05, 0) is 65.5 Å². The molecule has 8 heteroatoms. The molecule has 0 unspecified atom stereocenters. The molecule has 1 aliphatic rings. The molecule has 2 aromatic carbocycles. The highest BCUT2D eigenvalue weighted by atomic mass is 79.9. The molecule has 158 valence electrons. The number of para-hydroxylation sites is 1. The van der Waals surface area contributed by atoms with Crippen LogP contribution < -0.4 is 10.2 Å². The Bertz CT molecular complexity index is 1000. The number of esters is 1. The number of amides is 2. The van der Waals surface area contributed by atoms with Gasteiger partial charge < -0.3 is 15.0 Å². The van der Waals surface area contributed by atoms with E-state index in [1.807, 2.05) is 32.0 Å². The van der Waals surface area contributed by atoms with E-state index in [0.717, 1.165) is 21.3 Å². The fourth-order valence-electron chi connectivity index (χ4n) is 3.54. The summed E-state index contributed by atoms with van der Waals surface area (Å²) < 4.78 is 5.90. The summed E-state index contributed by atoms with van der Waals surface area (Å²) in [5.41, 5.74) is 4.02. The zero-order chi connectivity index (χ0) is 22.0. The van der Waals surface area contributed by atoms with E-state index in [0.29, 0.717) is 16.3 Å². The molecule has 30 heavy (non-hydrogen) atoms. The highest BCUT2D eigenvalue weighted by molar-refractivity contribution is 9.10. The third kappa shape index (κ3) is 4.68. The maximum absolute atomic E-state index is 12.5. The fourth-order valence-corrected chi connectivity index (χ4v) is 4.14. The summed E-state index contributed by atoms with van der Waals surface area (Å²) in [6.45, 7) is 5.46. The van der Waals surface area contributed by atoms with Crippen molar-refractivity contribution in [2.45, 2.75) is 27.2 Å². The molecule has 2 aromatic rings. The van der Waals surface area contributed by atoms with Crippen LogP contribution in [0.25, 0.3) is 0 Å². The van der Waals surface area contributed by atoms with Gasteiger partial charge in [-0.2, -0.15) is 0 Å². The van der Waals surface area contributed by atoms with E-state index in [1.54, 1.807) is 24.0 Å². The Hall–Kier alpha value is -2.38. The van der Waals surface area contributed by atoms with Crippen molar-refractivity contribution >= 4 is 56.7 Å². The second-order valence-corrected chi connectivity index (χ2v) is 8.57. The Morgan fingerprint density at radius 3 is 2.53 bits per heavy atom. The van der Waals surface area contributed by atoms with Gasteiger partial charge in [-0.1, -0.05) is 29.8 Å². The minimum Gasteiger partial charge on any atom is -0.455 e. The van der Waals surface area contributed by atoms with E-state index in [1.165, 1.54) is 0 Å². The summed E-state index contributed by atoms with van der Waals surface area (Å²) in [6, 6.07) is 9.23. The zero-order valence-electron chi connectivity index (χ0n) is 16.9. The quantitative estimate of drug-likeness (QED) is 0.620. The van der Waals surface area contributed by atoms with E-state index in [9.17, 15) is 14.4 Å². The molecule has 1 heterocycles. The first-order chi connectivity index (χ1) is 14.2. The Morgan fingerprint density at radius 2 is 1.87 bits per heavy atom. The molecule has 0 radical (unpaired) electrons. The normalized spacial score (nSPS) is 16.0. The van der Waals surface area contributed by atoms with Crippen molar-refractivity contribution in [3.63, 3.8) is 0 Å². The number of benzene rings is 2. The van der Waals surface area contributed by atoms with Gasteiger partial charge in [-0.15, -0.1) is 0 Å². The van der Waals surface area contributed by atoms with Crippen LogP contribution in [0.3, 0.4) is 0 Å². The van der Waals surface area contributed by atoms with Crippen molar-refractivity contribution < 1.29 is 19.1 Å². The highest BCUT2D eigenvalue weighted by Crippen LogP contribution is 2.32. The van der Waals surface area contributed by atoms with E-state index in [2.05, 4.69) is 21.2 Å². The van der Waals surface area contributed by atoms with Crippen LogP contribution in [0.5, 0.6) is 0 Å². The molecule has 2 amide bonds. The van der Waals surface area contributed by atoms with Gasteiger partial charge in [0, 0.05) is 28.8 Å². The summed E-state index contributed by atoms with van der Waals surface area (Å²) in [7, 11) is 0. The molecular weight excluding hydrogens is 472 g/mol. The number of anilines is 2. The van der Waals surface area contributed by atoms with Gasteiger partial charge in [0.2, 0.25) is 5.91 Å². The van der Waals surface area contributed by atoms with E-state index in [-0.39, 0.29) is 18.9 Å². The number of aryl methyl sites for hydroxylation is 2. The lowest BCUT2D eigenvalue weighted by Gasteiger charge is -2.21. The van der Waals surface area contributed by atoms with Crippen LogP contribution in [-0.4, -0.2) is 30.9 Å². The summed E-state index contributed by atoms with van der Waals surface area (Å²) in [6.07, 6.45) is 0.0651. The first kappa shape index (κ1) is 22.3. The molecular formula is C22H22BrClN2O4. The Morgan fingerprint density at radius 1 is 1.20 bits per heavy atom. The Kier molecular flexibility index (Phi) is 6.83. The predicted molar refractivity (Wildman–Crippen MR) is 120 cm³/mol. The van der Waals surface area contributed by atoms with Crippen molar-refractivity contribution in [2.75, 3.05) is 23.4 Å². The number of nitrogens with one attached hydrogen (secondary N) is 1. The van der Waals surface area contributed by atoms with Crippen LogP contribution in [0, 0.1) is 26.7 Å². The summed E-state index contributed by atoms with van der Waals surface area (Å²) in [5, 5.41) is 3.18. The molecule has 1 N–H and O–H groups in total. The molecule has 6 nitrogen and oxygen atoms in total. The zero-order valence-corrected chi connectivity index (χ0v) is 19.3. The predicted octanol–water partition coefficient (Wildman–Crippen LogP) is 4.56. The molecule has 1 fully saturated rings. The van der Waals surface area contributed by atoms with Gasteiger partial charge in [0.15, 0.2) is 6.61 Å². The average Bonchev–Trinajstić information content (AvgIpc) is 3.08. The van der Waals surface area contributed by atoms with Crippen molar-refractivity contribution in [1.29, 1.82) is 0 Å².